The number of carbonyl (C=O) groups is 3. The standard InChI is InChI=1S/C52H99O11P/c1-4-7-10-13-16-19-22-24-27-29-32-35-38-41-50(54)59-45-49(63-52(56)43-40-37-34-31-28-25-23-20-17-14-11-8-5-2)47-61-64(57,58)60-46-48(44-53)62-51(55)42-39-36-33-30-26-21-18-15-12-9-6-3/h20,23,48-49,53H,4-19,21-22,24-47H2,1-3H3,(H,57,58)/b23-20-. The fourth-order valence-electron chi connectivity index (χ4n) is 7.59. The Kier molecular flexibility index (Phi) is 46.4. The Morgan fingerprint density at radius 3 is 1.09 bits per heavy atom. The first-order chi connectivity index (χ1) is 31.2. The molecule has 64 heavy (non-hydrogen) atoms. The number of unbranched alkanes of at least 4 members (excludes halogenated alkanes) is 31. The van der Waals surface area contributed by atoms with Crippen molar-refractivity contribution in [2.75, 3.05) is 26.4 Å². The molecule has 0 fully saturated rings. The molecule has 0 aromatic carbocycles. The van der Waals surface area contributed by atoms with E-state index in [9.17, 15) is 28.9 Å². The van der Waals surface area contributed by atoms with E-state index in [4.69, 9.17) is 23.3 Å². The molecule has 378 valence electrons. The van der Waals surface area contributed by atoms with Crippen molar-refractivity contribution in [1.29, 1.82) is 0 Å². The Morgan fingerprint density at radius 2 is 0.719 bits per heavy atom. The lowest BCUT2D eigenvalue weighted by molar-refractivity contribution is -0.161. The average molecular weight is 931 g/mol. The Bertz CT molecular complexity index is 1130. The molecule has 12 heteroatoms. The van der Waals surface area contributed by atoms with Crippen LogP contribution in [0.3, 0.4) is 0 Å². The Hall–Kier alpha value is -1.78. The van der Waals surface area contributed by atoms with E-state index in [1.165, 1.54) is 128 Å². The van der Waals surface area contributed by atoms with E-state index in [1.54, 1.807) is 0 Å². The van der Waals surface area contributed by atoms with Gasteiger partial charge in [0.2, 0.25) is 0 Å². The third kappa shape index (κ3) is 45.4. The molecule has 0 radical (unpaired) electrons. The van der Waals surface area contributed by atoms with E-state index < -0.39 is 57.8 Å². The van der Waals surface area contributed by atoms with Crippen molar-refractivity contribution < 1.29 is 52.2 Å². The second-order valence-electron chi connectivity index (χ2n) is 18.1. The first-order valence-corrected chi connectivity index (χ1v) is 28.1. The number of aliphatic hydroxyl groups is 1. The number of esters is 3. The first-order valence-electron chi connectivity index (χ1n) is 26.6. The van der Waals surface area contributed by atoms with Gasteiger partial charge in [0, 0.05) is 19.3 Å². The van der Waals surface area contributed by atoms with Crippen LogP contribution in [-0.4, -0.2) is 66.5 Å². The van der Waals surface area contributed by atoms with Gasteiger partial charge in [0.25, 0.3) is 0 Å². The molecule has 0 aliphatic heterocycles. The SMILES string of the molecule is CCCCCC/C=C\CCCCCCCC(=O)OC(COC(=O)CCCCCCCCCCCCCCC)COP(=O)(O)OCC(CO)OC(=O)CCCCCCCCCCCCC. The Morgan fingerprint density at radius 1 is 0.422 bits per heavy atom. The van der Waals surface area contributed by atoms with Crippen molar-refractivity contribution in [2.45, 2.75) is 277 Å². The largest absolute Gasteiger partial charge is 0.472 e. The van der Waals surface area contributed by atoms with Crippen molar-refractivity contribution in [3.8, 4) is 0 Å². The molecular formula is C52H99O11P. The molecule has 0 rings (SSSR count). The van der Waals surface area contributed by atoms with Gasteiger partial charge in [0.15, 0.2) is 6.10 Å². The number of phosphoric ester groups is 1. The molecule has 0 saturated heterocycles. The van der Waals surface area contributed by atoms with Crippen LogP contribution < -0.4 is 0 Å². The molecule has 11 nitrogen and oxygen atoms in total. The van der Waals surface area contributed by atoms with E-state index in [2.05, 4.69) is 32.9 Å². The fraction of sp³-hybridized carbons (Fsp3) is 0.904. The normalized spacial score (nSPS) is 13.5. The van der Waals surface area contributed by atoms with E-state index in [0.717, 1.165) is 77.0 Å². The van der Waals surface area contributed by atoms with Crippen LogP contribution in [0.5, 0.6) is 0 Å². The molecule has 0 aliphatic rings. The van der Waals surface area contributed by atoms with Gasteiger partial charge < -0.3 is 24.2 Å². The summed E-state index contributed by atoms with van der Waals surface area (Å²) < 4.78 is 39.3. The molecule has 0 amide bonds. The van der Waals surface area contributed by atoms with Crippen LogP contribution in [0.25, 0.3) is 0 Å². The minimum Gasteiger partial charge on any atom is -0.462 e. The zero-order chi connectivity index (χ0) is 47.0. The molecule has 0 heterocycles. The Balaban J connectivity index is 4.71. The minimum absolute atomic E-state index is 0.164. The number of phosphoric acid groups is 1. The number of hydrogen-bond donors (Lipinski definition) is 2. The monoisotopic (exact) mass is 931 g/mol. The van der Waals surface area contributed by atoms with Gasteiger partial charge in [-0.15, -0.1) is 0 Å². The van der Waals surface area contributed by atoms with Crippen molar-refractivity contribution in [1.82, 2.24) is 0 Å². The fourth-order valence-corrected chi connectivity index (χ4v) is 8.37. The van der Waals surface area contributed by atoms with E-state index in [-0.39, 0.29) is 25.9 Å². The highest BCUT2D eigenvalue weighted by atomic mass is 31.2. The summed E-state index contributed by atoms with van der Waals surface area (Å²) in [6.07, 6.45) is 43.2. The van der Waals surface area contributed by atoms with Crippen LogP contribution in [0.15, 0.2) is 12.2 Å². The van der Waals surface area contributed by atoms with Gasteiger partial charge in [-0.05, 0) is 44.9 Å². The van der Waals surface area contributed by atoms with E-state index in [1.807, 2.05) is 0 Å². The molecule has 3 atom stereocenters. The molecule has 3 unspecified atom stereocenters. The van der Waals surface area contributed by atoms with Crippen molar-refractivity contribution in [2.24, 2.45) is 0 Å². The van der Waals surface area contributed by atoms with Gasteiger partial charge in [0.05, 0.1) is 19.8 Å². The smallest absolute Gasteiger partial charge is 0.462 e. The Labute approximate surface area is 392 Å². The molecule has 0 aromatic heterocycles. The van der Waals surface area contributed by atoms with Gasteiger partial charge in [-0.1, -0.05) is 213 Å². The molecule has 2 N–H and O–H groups in total. The number of ether oxygens (including phenoxy) is 3. The maximum atomic E-state index is 12.8. The third-order valence-corrected chi connectivity index (χ3v) is 12.6. The van der Waals surface area contributed by atoms with Gasteiger partial charge in [-0.3, -0.25) is 23.4 Å². The lowest BCUT2D eigenvalue weighted by Crippen LogP contribution is -2.30. The van der Waals surface area contributed by atoms with Crippen LogP contribution in [0.4, 0.5) is 0 Å². The lowest BCUT2D eigenvalue weighted by Gasteiger charge is -2.21. The number of rotatable bonds is 50. The summed E-state index contributed by atoms with van der Waals surface area (Å²) in [6, 6.07) is 0. The minimum atomic E-state index is -4.73. The van der Waals surface area contributed by atoms with Crippen LogP contribution in [0.1, 0.15) is 265 Å². The first kappa shape index (κ1) is 62.2. The van der Waals surface area contributed by atoms with Crippen molar-refractivity contribution in [3.63, 3.8) is 0 Å². The predicted octanol–water partition coefficient (Wildman–Crippen LogP) is 14.9. The van der Waals surface area contributed by atoms with Gasteiger partial charge >= 0.3 is 25.7 Å². The zero-order valence-corrected chi connectivity index (χ0v) is 42.4. The summed E-state index contributed by atoms with van der Waals surface area (Å²) in [6.45, 7) is 4.63. The molecule has 0 aromatic rings. The summed E-state index contributed by atoms with van der Waals surface area (Å²) in [5, 5.41) is 9.76. The molecule has 0 saturated carbocycles. The van der Waals surface area contributed by atoms with Gasteiger partial charge in [-0.25, -0.2) is 4.57 Å². The number of aliphatic hydroxyl groups excluding tert-OH is 1. The second-order valence-corrected chi connectivity index (χ2v) is 19.5. The number of allylic oxidation sites excluding steroid dienone is 2. The average Bonchev–Trinajstić information content (AvgIpc) is 3.28. The quantitative estimate of drug-likeness (QED) is 0.0197. The summed E-state index contributed by atoms with van der Waals surface area (Å²) in [7, 11) is -4.73. The third-order valence-electron chi connectivity index (χ3n) is 11.7. The predicted molar refractivity (Wildman–Crippen MR) is 261 cm³/mol. The maximum Gasteiger partial charge on any atom is 0.472 e. The van der Waals surface area contributed by atoms with E-state index >= 15 is 0 Å². The summed E-state index contributed by atoms with van der Waals surface area (Å²) in [5.74, 6) is -1.45. The van der Waals surface area contributed by atoms with Crippen LogP contribution >= 0.6 is 7.82 Å². The molecular weight excluding hydrogens is 832 g/mol. The highest BCUT2D eigenvalue weighted by Crippen LogP contribution is 2.43. The molecule has 0 aliphatic carbocycles. The van der Waals surface area contributed by atoms with Crippen LogP contribution in [0.2, 0.25) is 0 Å². The molecule has 0 spiro atoms. The van der Waals surface area contributed by atoms with Gasteiger partial charge in [-0.2, -0.15) is 0 Å². The highest BCUT2D eigenvalue weighted by Gasteiger charge is 2.28. The summed E-state index contributed by atoms with van der Waals surface area (Å²) >= 11 is 0. The highest BCUT2D eigenvalue weighted by molar-refractivity contribution is 7.47. The van der Waals surface area contributed by atoms with Crippen LogP contribution in [0, 0.1) is 0 Å². The lowest BCUT2D eigenvalue weighted by atomic mass is 10.0. The zero-order valence-electron chi connectivity index (χ0n) is 41.5. The van der Waals surface area contributed by atoms with Crippen molar-refractivity contribution in [3.05, 3.63) is 12.2 Å². The number of hydrogen-bond acceptors (Lipinski definition) is 10. The van der Waals surface area contributed by atoms with Gasteiger partial charge in [0.1, 0.15) is 12.7 Å². The second kappa shape index (κ2) is 47.7. The summed E-state index contributed by atoms with van der Waals surface area (Å²) in [4.78, 5) is 48.3. The molecule has 0 bridgehead atoms. The van der Waals surface area contributed by atoms with Crippen LogP contribution in [-0.2, 0) is 42.2 Å². The number of carbonyl (C=O) groups excluding carboxylic acids is 3. The van der Waals surface area contributed by atoms with Crippen molar-refractivity contribution >= 4 is 25.7 Å². The summed E-state index contributed by atoms with van der Waals surface area (Å²) in [5.41, 5.74) is 0. The topological polar surface area (TPSA) is 155 Å². The maximum absolute atomic E-state index is 12.8. The van der Waals surface area contributed by atoms with E-state index in [0.29, 0.717) is 19.3 Å².